The summed E-state index contributed by atoms with van der Waals surface area (Å²) in [5, 5.41) is 0.425. The van der Waals surface area contributed by atoms with Crippen LogP contribution >= 0.6 is 27.5 Å². The highest BCUT2D eigenvalue weighted by Gasteiger charge is 2.09. The van der Waals surface area contributed by atoms with Crippen LogP contribution in [-0.4, -0.2) is 9.97 Å². The maximum Gasteiger partial charge on any atom is 0.167 e. The molecule has 1 heterocycles. The molecule has 2 aromatic rings. The Kier molecular flexibility index (Phi) is 4.55. The minimum absolute atomic E-state index is 0.310. The third-order valence-corrected chi connectivity index (χ3v) is 3.71. The van der Waals surface area contributed by atoms with Crippen LogP contribution in [0, 0.1) is 0 Å². The minimum atomic E-state index is 0.310. The summed E-state index contributed by atoms with van der Waals surface area (Å²) in [5.41, 5.74) is 0.890. The molecule has 18 heavy (non-hydrogen) atoms. The van der Waals surface area contributed by atoms with Crippen molar-refractivity contribution >= 4 is 27.5 Å². The molecule has 0 N–H and O–H groups in total. The predicted octanol–water partition coefficient (Wildman–Crippen LogP) is 4.03. The van der Waals surface area contributed by atoms with Crippen LogP contribution in [0.25, 0.3) is 0 Å². The Labute approximate surface area is 119 Å². The topological polar surface area (TPSA) is 35.0 Å². The molecule has 0 fully saturated rings. The molecule has 0 radical (unpaired) electrons. The third kappa shape index (κ3) is 3.21. The fourth-order valence-corrected chi connectivity index (χ4v) is 2.14. The van der Waals surface area contributed by atoms with Gasteiger partial charge in [0, 0.05) is 0 Å². The molecule has 2 rings (SSSR count). The number of hydrogen-bond donors (Lipinski definition) is 0. The largest absolute Gasteiger partial charge is 0.486 e. The number of benzene rings is 1. The molecule has 0 aliphatic carbocycles. The van der Waals surface area contributed by atoms with E-state index in [0.717, 1.165) is 22.3 Å². The second-order valence-electron chi connectivity index (χ2n) is 3.65. The minimum Gasteiger partial charge on any atom is -0.486 e. The summed E-state index contributed by atoms with van der Waals surface area (Å²) in [5.74, 6) is 1.38. The summed E-state index contributed by atoms with van der Waals surface area (Å²) in [6.45, 7) is 2.33. The maximum atomic E-state index is 6.03. The molecule has 0 aliphatic heterocycles. The fraction of sp³-hybridized carbons (Fsp3) is 0.231. The molecule has 1 aromatic carbocycles. The number of nitrogens with zero attached hydrogens (tertiary/aromatic N) is 2. The second kappa shape index (κ2) is 6.16. The van der Waals surface area contributed by atoms with E-state index in [-0.39, 0.29) is 0 Å². The molecule has 3 nitrogen and oxygen atoms in total. The van der Waals surface area contributed by atoms with Gasteiger partial charge in [-0.3, -0.25) is 0 Å². The maximum absolute atomic E-state index is 6.03. The van der Waals surface area contributed by atoms with Crippen molar-refractivity contribution in [3.05, 3.63) is 51.5 Å². The fourth-order valence-electron chi connectivity index (χ4n) is 1.47. The molecule has 1 aromatic heterocycles. The van der Waals surface area contributed by atoms with Gasteiger partial charge in [0.25, 0.3) is 0 Å². The molecule has 5 heteroatoms. The lowest BCUT2D eigenvalue weighted by atomic mass is 10.3. The highest BCUT2D eigenvalue weighted by atomic mass is 79.9. The van der Waals surface area contributed by atoms with E-state index in [1.54, 1.807) is 0 Å². The predicted molar refractivity (Wildman–Crippen MR) is 74.9 cm³/mol. The average molecular weight is 328 g/mol. The van der Waals surface area contributed by atoms with Gasteiger partial charge in [0.1, 0.15) is 17.5 Å². The van der Waals surface area contributed by atoms with Crippen molar-refractivity contribution in [2.24, 2.45) is 0 Å². The van der Waals surface area contributed by atoms with Crippen molar-refractivity contribution in [1.29, 1.82) is 0 Å². The Hall–Kier alpha value is -1.13. The van der Waals surface area contributed by atoms with Crippen LogP contribution in [0.4, 0.5) is 0 Å². The third-order valence-electron chi connectivity index (χ3n) is 2.37. The van der Waals surface area contributed by atoms with Gasteiger partial charge in [-0.25, -0.2) is 9.97 Å². The second-order valence-corrected chi connectivity index (χ2v) is 4.80. The van der Waals surface area contributed by atoms with E-state index < -0.39 is 0 Å². The van der Waals surface area contributed by atoms with Gasteiger partial charge in [0.05, 0.1) is 10.2 Å². The number of halogens is 2. The zero-order chi connectivity index (χ0) is 13.0. The Morgan fingerprint density at radius 2 is 1.94 bits per heavy atom. The first kappa shape index (κ1) is 13.3. The summed E-state index contributed by atoms with van der Waals surface area (Å²) in [7, 11) is 0. The van der Waals surface area contributed by atoms with Crippen molar-refractivity contribution in [3.63, 3.8) is 0 Å². The smallest absolute Gasteiger partial charge is 0.167 e. The summed E-state index contributed by atoms with van der Waals surface area (Å²) in [6, 6.07) is 9.56. The Morgan fingerprint density at radius 1 is 1.22 bits per heavy atom. The SMILES string of the molecule is CCc1nc(COc2ccccc2)nc(Cl)c1Br. The van der Waals surface area contributed by atoms with Crippen molar-refractivity contribution in [1.82, 2.24) is 9.97 Å². The average Bonchev–Trinajstić information content (AvgIpc) is 2.41. The summed E-state index contributed by atoms with van der Waals surface area (Å²) in [4.78, 5) is 8.58. The number of ether oxygens (including phenoxy) is 1. The first-order valence-electron chi connectivity index (χ1n) is 5.59. The normalized spacial score (nSPS) is 10.4. The summed E-state index contributed by atoms with van der Waals surface area (Å²) in [6.07, 6.45) is 0.793. The first-order valence-corrected chi connectivity index (χ1v) is 6.76. The van der Waals surface area contributed by atoms with Gasteiger partial charge in [-0.15, -0.1) is 0 Å². The van der Waals surface area contributed by atoms with E-state index in [9.17, 15) is 0 Å². The van der Waals surface area contributed by atoms with Gasteiger partial charge in [0.15, 0.2) is 5.82 Å². The van der Waals surface area contributed by atoms with E-state index in [1.807, 2.05) is 37.3 Å². The lowest BCUT2D eigenvalue weighted by molar-refractivity contribution is 0.295. The number of rotatable bonds is 4. The van der Waals surface area contributed by atoms with E-state index in [2.05, 4.69) is 25.9 Å². The van der Waals surface area contributed by atoms with Crippen molar-refractivity contribution in [3.8, 4) is 5.75 Å². The lowest BCUT2D eigenvalue weighted by Gasteiger charge is -2.08. The molecular formula is C13H12BrClN2O. The van der Waals surface area contributed by atoms with E-state index >= 15 is 0 Å². The van der Waals surface area contributed by atoms with Crippen molar-refractivity contribution in [2.45, 2.75) is 20.0 Å². The zero-order valence-electron chi connectivity index (χ0n) is 9.86. The van der Waals surface area contributed by atoms with Crippen LogP contribution in [-0.2, 0) is 13.0 Å². The molecule has 0 atom stereocenters. The van der Waals surface area contributed by atoms with E-state index in [1.165, 1.54) is 0 Å². The summed E-state index contributed by atoms with van der Waals surface area (Å²) < 4.78 is 6.35. The molecule has 0 bridgehead atoms. The number of para-hydroxylation sites is 1. The molecule has 0 spiro atoms. The number of aryl methyl sites for hydroxylation is 1. The van der Waals surface area contributed by atoms with Crippen LogP contribution in [0.3, 0.4) is 0 Å². The number of hydrogen-bond acceptors (Lipinski definition) is 3. The Balaban J connectivity index is 2.13. The molecular weight excluding hydrogens is 316 g/mol. The molecule has 0 saturated heterocycles. The first-order chi connectivity index (χ1) is 8.70. The monoisotopic (exact) mass is 326 g/mol. The molecule has 0 aliphatic rings. The molecule has 94 valence electrons. The van der Waals surface area contributed by atoms with Gasteiger partial charge in [0.2, 0.25) is 0 Å². The van der Waals surface area contributed by atoms with Gasteiger partial charge < -0.3 is 4.74 Å². The van der Waals surface area contributed by atoms with Gasteiger partial charge in [-0.1, -0.05) is 36.7 Å². The van der Waals surface area contributed by atoms with E-state index in [4.69, 9.17) is 16.3 Å². The van der Waals surface area contributed by atoms with Crippen molar-refractivity contribution in [2.75, 3.05) is 0 Å². The van der Waals surface area contributed by atoms with Gasteiger partial charge >= 0.3 is 0 Å². The molecule has 0 amide bonds. The molecule has 0 saturated carbocycles. The highest BCUT2D eigenvalue weighted by molar-refractivity contribution is 9.10. The van der Waals surface area contributed by atoms with Crippen LogP contribution in [0.1, 0.15) is 18.4 Å². The summed E-state index contributed by atoms with van der Waals surface area (Å²) >= 11 is 9.40. The van der Waals surface area contributed by atoms with Crippen LogP contribution in [0.15, 0.2) is 34.8 Å². The van der Waals surface area contributed by atoms with Crippen LogP contribution in [0.2, 0.25) is 5.15 Å². The van der Waals surface area contributed by atoms with Crippen LogP contribution < -0.4 is 4.74 Å². The lowest BCUT2D eigenvalue weighted by Crippen LogP contribution is -2.05. The zero-order valence-corrected chi connectivity index (χ0v) is 12.2. The highest BCUT2D eigenvalue weighted by Crippen LogP contribution is 2.24. The van der Waals surface area contributed by atoms with E-state index in [0.29, 0.717) is 17.6 Å². The van der Waals surface area contributed by atoms with Gasteiger partial charge in [-0.05, 0) is 34.5 Å². The quantitative estimate of drug-likeness (QED) is 0.795. The van der Waals surface area contributed by atoms with Crippen LogP contribution in [0.5, 0.6) is 5.75 Å². The Morgan fingerprint density at radius 3 is 2.61 bits per heavy atom. The van der Waals surface area contributed by atoms with Crippen molar-refractivity contribution < 1.29 is 4.74 Å². The Bertz CT molecular complexity index is 534. The number of aromatic nitrogens is 2. The van der Waals surface area contributed by atoms with Gasteiger partial charge in [-0.2, -0.15) is 0 Å². The standard InChI is InChI=1S/C13H12BrClN2O/c1-2-10-12(14)13(15)17-11(16-10)8-18-9-6-4-3-5-7-9/h3-7H,2,8H2,1H3. The molecule has 0 unspecified atom stereocenters.